The Morgan fingerprint density at radius 2 is 1.75 bits per heavy atom. The quantitative estimate of drug-likeness (QED) is 0.585. The summed E-state index contributed by atoms with van der Waals surface area (Å²) in [6.45, 7) is 1.79. The first-order chi connectivity index (χ1) is 7.65. The van der Waals surface area contributed by atoms with E-state index in [1.165, 1.54) is 14.2 Å². The Bertz CT molecular complexity index is 392. The molecule has 0 bridgehead atoms. The predicted molar refractivity (Wildman–Crippen MR) is 62.8 cm³/mol. The lowest BCUT2D eigenvalue weighted by Crippen LogP contribution is -1.95. The molecule has 0 radical (unpaired) electrons. The summed E-state index contributed by atoms with van der Waals surface area (Å²) in [5.74, 6) is 0.465. The average molecular weight is 242 g/mol. The zero-order chi connectivity index (χ0) is 12.0. The second kappa shape index (κ2) is 5.85. The molecule has 88 valence electrons. The van der Waals surface area contributed by atoms with Crippen LogP contribution in [0.4, 0.5) is 0 Å². The smallest absolute Gasteiger partial charge is 0.404 e. The number of hydrogen-bond donors (Lipinski definition) is 0. The minimum absolute atomic E-state index is 0.465. The Balaban J connectivity index is 2.91. The molecular formula is C11H15O4P. The molecule has 0 aliphatic carbocycles. The van der Waals surface area contributed by atoms with Crippen molar-refractivity contribution in [2.75, 3.05) is 14.2 Å². The van der Waals surface area contributed by atoms with E-state index in [-0.39, 0.29) is 0 Å². The van der Waals surface area contributed by atoms with Crippen LogP contribution in [0, 0.1) is 0 Å². The lowest BCUT2D eigenvalue weighted by molar-refractivity contribution is 0.201. The second-order valence-corrected chi connectivity index (χ2v) is 4.73. The molecule has 0 spiro atoms. The van der Waals surface area contributed by atoms with Gasteiger partial charge in [-0.1, -0.05) is 30.3 Å². The zero-order valence-corrected chi connectivity index (χ0v) is 10.4. The third-order valence-electron chi connectivity index (χ3n) is 1.98. The Morgan fingerprint density at radius 3 is 2.19 bits per heavy atom. The highest BCUT2D eigenvalue weighted by Gasteiger charge is 2.25. The molecule has 0 aliphatic rings. The van der Waals surface area contributed by atoms with Gasteiger partial charge in [-0.05, 0) is 13.0 Å². The Morgan fingerprint density at radius 1 is 1.19 bits per heavy atom. The van der Waals surface area contributed by atoms with Crippen LogP contribution in [0.1, 0.15) is 12.5 Å². The van der Waals surface area contributed by atoms with Gasteiger partial charge in [0.1, 0.15) is 5.76 Å². The maximum atomic E-state index is 11.8. The maximum absolute atomic E-state index is 11.8. The monoisotopic (exact) mass is 242 g/mol. The molecule has 0 saturated carbocycles. The normalized spacial score (nSPS) is 12.6. The van der Waals surface area contributed by atoms with Crippen LogP contribution >= 0.6 is 7.82 Å². The highest BCUT2D eigenvalue weighted by atomic mass is 31.2. The summed E-state index contributed by atoms with van der Waals surface area (Å²) >= 11 is 0. The summed E-state index contributed by atoms with van der Waals surface area (Å²) in [5.41, 5.74) is 0.819. The molecule has 0 aromatic heterocycles. The minimum Gasteiger partial charge on any atom is -0.404 e. The van der Waals surface area contributed by atoms with Gasteiger partial charge in [0.05, 0.1) is 0 Å². The highest BCUT2D eigenvalue weighted by Crippen LogP contribution is 2.51. The lowest BCUT2D eigenvalue weighted by Gasteiger charge is -2.16. The molecule has 1 rings (SSSR count). The highest BCUT2D eigenvalue weighted by molar-refractivity contribution is 7.48. The fourth-order valence-electron chi connectivity index (χ4n) is 1.14. The topological polar surface area (TPSA) is 44.8 Å². The minimum atomic E-state index is -3.49. The number of rotatable bonds is 5. The van der Waals surface area contributed by atoms with Crippen molar-refractivity contribution in [3.8, 4) is 0 Å². The van der Waals surface area contributed by atoms with E-state index >= 15 is 0 Å². The zero-order valence-electron chi connectivity index (χ0n) is 9.54. The average Bonchev–Trinajstić information content (AvgIpc) is 2.36. The molecule has 1 aromatic carbocycles. The van der Waals surface area contributed by atoms with E-state index in [1.54, 1.807) is 13.0 Å². The predicted octanol–water partition coefficient (Wildman–Crippen LogP) is 3.46. The van der Waals surface area contributed by atoms with Crippen LogP contribution in [-0.4, -0.2) is 14.2 Å². The lowest BCUT2D eigenvalue weighted by atomic mass is 10.2. The van der Waals surface area contributed by atoms with Gasteiger partial charge in [0.25, 0.3) is 0 Å². The molecule has 0 fully saturated rings. The summed E-state index contributed by atoms with van der Waals surface area (Å²) in [6, 6.07) is 9.33. The summed E-state index contributed by atoms with van der Waals surface area (Å²) in [6.07, 6.45) is 1.71. The Kier molecular flexibility index (Phi) is 4.74. The van der Waals surface area contributed by atoms with E-state index in [1.807, 2.05) is 30.3 Å². The third kappa shape index (κ3) is 3.20. The van der Waals surface area contributed by atoms with Crippen LogP contribution < -0.4 is 0 Å². The Labute approximate surface area is 95.5 Å². The van der Waals surface area contributed by atoms with Crippen molar-refractivity contribution in [2.45, 2.75) is 6.92 Å². The van der Waals surface area contributed by atoms with Crippen molar-refractivity contribution in [1.29, 1.82) is 0 Å². The van der Waals surface area contributed by atoms with E-state index in [9.17, 15) is 4.57 Å². The van der Waals surface area contributed by atoms with Crippen LogP contribution in [0.5, 0.6) is 0 Å². The number of hydrogen-bond acceptors (Lipinski definition) is 4. The first kappa shape index (κ1) is 13.0. The molecule has 0 N–H and O–H groups in total. The summed E-state index contributed by atoms with van der Waals surface area (Å²) < 4.78 is 26.5. The second-order valence-electron chi connectivity index (χ2n) is 2.92. The van der Waals surface area contributed by atoms with Gasteiger partial charge in [0.2, 0.25) is 0 Å². The fraction of sp³-hybridized carbons (Fsp3) is 0.273. The molecule has 4 nitrogen and oxygen atoms in total. The van der Waals surface area contributed by atoms with Crippen LogP contribution in [0.3, 0.4) is 0 Å². The van der Waals surface area contributed by atoms with Gasteiger partial charge < -0.3 is 4.52 Å². The van der Waals surface area contributed by atoms with Gasteiger partial charge >= 0.3 is 7.82 Å². The SMILES string of the molecule is C/C=C(/OP(=O)(OC)OC)c1ccccc1. The molecule has 0 atom stereocenters. The molecule has 5 heteroatoms. The standard InChI is InChI=1S/C11H15O4P/c1-4-11(10-8-6-5-7-9-10)15-16(12,13-2)14-3/h4-9H,1-3H3/b11-4+. The molecule has 0 aliphatic heterocycles. The van der Waals surface area contributed by atoms with Crippen molar-refractivity contribution in [3.63, 3.8) is 0 Å². The van der Waals surface area contributed by atoms with E-state index < -0.39 is 7.82 Å². The Hall–Kier alpha value is -1.09. The van der Waals surface area contributed by atoms with Crippen LogP contribution in [0.15, 0.2) is 36.4 Å². The van der Waals surface area contributed by atoms with E-state index in [0.717, 1.165) is 5.56 Å². The molecular weight excluding hydrogens is 227 g/mol. The van der Waals surface area contributed by atoms with Crippen molar-refractivity contribution >= 4 is 13.6 Å². The maximum Gasteiger partial charge on any atom is 0.529 e. The molecule has 0 heterocycles. The van der Waals surface area contributed by atoms with E-state index in [2.05, 4.69) is 0 Å². The van der Waals surface area contributed by atoms with Gasteiger partial charge in [0, 0.05) is 19.8 Å². The van der Waals surface area contributed by atoms with Gasteiger partial charge in [-0.15, -0.1) is 0 Å². The first-order valence-electron chi connectivity index (χ1n) is 4.78. The largest absolute Gasteiger partial charge is 0.529 e. The number of allylic oxidation sites excluding steroid dienone is 1. The van der Waals surface area contributed by atoms with Gasteiger partial charge in [-0.3, -0.25) is 9.05 Å². The van der Waals surface area contributed by atoms with E-state index in [0.29, 0.717) is 5.76 Å². The van der Waals surface area contributed by atoms with Gasteiger partial charge in [0.15, 0.2) is 0 Å². The number of phosphoric acid groups is 1. The molecule has 0 saturated heterocycles. The number of phosphoric ester groups is 1. The third-order valence-corrected chi connectivity index (χ3v) is 3.29. The van der Waals surface area contributed by atoms with Gasteiger partial charge in [-0.25, -0.2) is 4.57 Å². The van der Waals surface area contributed by atoms with Crippen molar-refractivity contribution in [2.24, 2.45) is 0 Å². The molecule has 0 unspecified atom stereocenters. The van der Waals surface area contributed by atoms with E-state index in [4.69, 9.17) is 13.6 Å². The van der Waals surface area contributed by atoms with Crippen LogP contribution in [-0.2, 0) is 18.1 Å². The summed E-state index contributed by atoms with van der Waals surface area (Å²) in [5, 5.41) is 0. The summed E-state index contributed by atoms with van der Waals surface area (Å²) in [7, 11) is -0.927. The van der Waals surface area contributed by atoms with Gasteiger partial charge in [-0.2, -0.15) is 0 Å². The first-order valence-corrected chi connectivity index (χ1v) is 6.24. The number of benzene rings is 1. The van der Waals surface area contributed by atoms with Crippen LogP contribution in [0.25, 0.3) is 5.76 Å². The molecule has 16 heavy (non-hydrogen) atoms. The molecule has 0 amide bonds. The van der Waals surface area contributed by atoms with Crippen molar-refractivity contribution < 1.29 is 18.1 Å². The fourth-order valence-corrected chi connectivity index (χ4v) is 1.89. The van der Waals surface area contributed by atoms with Crippen LogP contribution in [0.2, 0.25) is 0 Å². The van der Waals surface area contributed by atoms with Crippen molar-refractivity contribution in [3.05, 3.63) is 42.0 Å². The van der Waals surface area contributed by atoms with Crippen molar-refractivity contribution in [1.82, 2.24) is 0 Å². The molecule has 1 aromatic rings. The summed E-state index contributed by atoms with van der Waals surface area (Å²) in [4.78, 5) is 0.